The molecule has 0 saturated carbocycles. The number of nitrogens with zero attached hydrogens (tertiary/aromatic N) is 2. The Kier molecular flexibility index (Phi) is 6.10. The van der Waals surface area contributed by atoms with E-state index in [1.54, 1.807) is 19.2 Å². The number of guanidine groups is 1. The van der Waals surface area contributed by atoms with E-state index in [-0.39, 0.29) is 11.9 Å². The molecule has 1 fully saturated rings. The van der Waals surface area contributed by atoms with Gasteiger partial charge in [-0.2, -0.15) is 0 Å². The topological polar surface area (TPSA) is 39.7 Å². The lowest BCUT2D eigenvalue weighted by atomic mass is 10.1. The smallest absolute Gasteiger partial charge is 0.191 e. The van der Waals surface area contributed by atoms with Gasteiger partial charge >= 0.3 is 0 Å². The normalized spacial score (nSPS) is 15.8. The van der Waals surface area contributed by atoms with Gasteiger partial charge in [-0.25, -0.2) is 4.39 Å². The van der Waals surface area contributed by atoms with E-state index in [1.807, 2.05) is 0 Å². The van der Waals surface area contributed by atoms with Crippen LogP contribution in [0.15, 0.2) is 53.5 Å². The van der Waals surface area contributed by atoms with Crippen molar-refractivity contribution >= 4 is 11.6 Å². The highest BCUT2D eigenvalue weighted by Crippen LogP contribution is 2.23. The van der Waals surface area contributed by atoms with Crippen molar-refractivity contribution in [2.45, 2.75) is 32.4 Å². The van der Waals surface area contributed by atoms with Crippen molar-refractivity contribution in [3.63, 3.8) is 0 Å². The number of hydrogen-bond donors (Lipinski definition) is 2. The molecule has 0 aromatic heterocycles. The first-order chi connectivity index (χ1) is 12.7. The fourth-order valence-electron chi connectivity index (χ4n) is 3.24. The van der Waals surface area contributed by atoms with Gasteiger partial charge in [0.05, 0.1) is 6.04 Å². The van der Waals surface area contributed by atoms with Crippen LogP contribution >= 0.6 is 0 Å². The zero-order valence-corrected chi connectivity index (χ0v) is 15.5. The Morgan fingerprint density at radius 1 is 1.15 bits per heavy atom. The molecule has 1 unspecified atom stereocenters. The van der Waals surface area contributed by atoms with Crippen molar-refractivity contribution in [2.75, 3.05) is 25.0 Å². The largest absolute Gasteiger partial charge is 0.372 e. The third kappa shape index (κ3) is 4.75. The van der Waals surface area contributed by atoms with Crippen LogP contribution in [0.2, 0.25) is 0 Å². The first-order valence-corrected chi connectivity index (χ1v) is 9.22. The highest BCUT2D eigenvalue weighted by atomic mass is 19.1. The molecule has 0 amide bonds. The third-order valence-electron chi connectivity index (χ3n) is 4.79. The summed E-state index contributed by atoms with van der Waals surface area (Å²) in [7, 11) is 1.76. The molecule has 138 valence electrons. The van der Waals surface area contributed by atoms with E-state index in [4.69, 9.17) is 0 Å². The Bertz CT molecular complexity index is 736. The number of hydrogen-bond acceptors (Lipinski definition) is 2. The number of halogens is 1. The minimum atomic E-state index is -0.220. The molecule has 5 heteroatoms. The summed E-state index contributed by atoms with van der Waals surface area (Å²) in [5.74, 6) is 0.510. The molecule has 1 saturated heterocycles. The number of aliphatic imine (C=N–C) groups is 1. The van der Waals surface area contributed by atoms with Gasteiger partial charge in [-0.05, 0) is 55.2 Å². The number of nitrogens with one attached hydrogen (secondary N) is 2. The highest BCUT2D eigenvalue weighted by molar-refractivity contribution is 5.80. The molecule has 26 heavy (non-hydrogen) atoms. The van der Waals surface area contributed by atoms with Crippen molar-refractivity contribution < 1.29 is 4.39 Å². The van der Waals surface area contributed by atoms with Crippen LogP contribution in [0.5, 0.6) is 0 Å². The molecule has 0 spiro atoms. The Balaban J connectivity index is 1.59. The second-order valence-electron chi connectivity index (χ2n) is 6.71. The van der Waals surface area contributed by atoms with Crippen LogP contribution in [0.25, 0.3) is 0 Å². The van der Waals surface area contributed by atoms with Crippen molar-refractivity contribution in [2.24, 2.45) is 4.99 Å². The molecule has 0 bridgehead atoms. The summed E-state index contributed by atoms with van der Waals surface area (Å²) in [6, 6.07) is 15.3. The maximum atomic E-state index is 13.0. The minimum absolute atomic E-state index is 0.136. The van der Waals surface area contributed by atoms with Crippen LogP contribution in [0.3, 0.4) is 0 Å². The molecule has 1 aliphatic heterocycles. The van der Waals surface area contributed by atoms with Crippen LogP contribution in [-0.4, -0.2) is 26.1 Å². The lowest BCUT2D eigenvalue weighted by Gasteiger charge is -2.22. The van der Waals surface area contributed by atoms with Gasteiger partial charge in [0.1, 0.15) is 5.82 Å². The fraction of sp³-hybridized carbons (Fsp3) is 0.381. The van der Waals surface area contributed by atoms with Gasteiger partial charge in [0.15, 0.2) is 5.96 Å². The molecule has 2 N–H and O–H groups in total. The third-order valence-corrected chi connectivity index (χ3v) is 4.79. The molecular formula is C21H27FN4. The van der Waals surface area contributed by atoms with Crippen molar-refractivity contribution in [1.29, 1.82) is 0 Å². The van der Waals surface area contributed by atoms with Gasteiger partial charge in [-0.3, -0.25) is 4.99 Å². The Labute approximate surface area is 155 Å². The molecule has 4 nitrogen and oxygen atoms in total. The monoisotopic (exact) mass is 354 g/mol. The minimum Gasteiger partial charge on any atom is -0.372 e. The average molecular weight is 354 g/mol. The number of rotatable bonds is 5. The predicted octanol–water partition coefficient (Wildman–Crippen LogP) is 3.85. The van der Waals surface area contributed by atoms with E-state index < -0.39 is 0 Å². The van der Waals surface area contributed by atoms with E-state index in [2.05, 4.69) is 51.7 Å². The van der Waals surface area contributed by atoms with E-state index in [1.165, 1.54) is 36.2 Å². The van der Waals surface area contributed by atoms with Crippen LogP contribution in [-0.2, 0) is 6.54 Å². The van der Waals surface area contributed by atoms with E-state index in [0.717, 1.165) is 24.6 Å². The van der Waals surface area contributed by atoms with Crippen LogP contribution in [0.4, 0.5) is 10.1 Å². The quantitative estimate of drug-likeness (QED) is 0.633. The average Bonchev–Trinajstić information content (AvgIpc) is 3.21. The molecule has 0 radical (unpaired) electrons. The summed E-state index contributed by atoms with van der Waals surface area (Å²) in [5.41, 5.74) is 3.54. The summed E-state index contributed by atoms with van der Waals surface area (Å²) < 4.78 is 13.0. The summed E-state index contributed by atoms with van der Waals surface area (Å²) in [6.45, 7) is 5.02. The summed E-state index contributed by atoms with van der Waals surface area (Å²) in [4.78, 5) is 6.74. The van der Waals surface area contributed by atoms with Crippen LogP contribution in [0, 0.1) is 5.82 Å². The van der Waals surface area contributed by atoms with Gasteiger partial charge < -0.3 is 15.5 Å². The standard InChI is InChI=1S/C21H27FN4/c1-16(18-6-5-7-20(14-18)26-12-3-4-13-26)25-21(23-2)24-15-17-8-10-19(22)11-9-17/h5-11,14,16H,3-4,12-13,15H2,1-2H3,(H2,23,24,25). The van der Waals surface area contributed by atoms with Gasteiger partial charge in [-0.1, -0.05) is 24.3 Å². The zero-order valence-electron chi connectivity index (χ0n) is 15.5. The van der Waals surface area contributed by atoms with Crippen molar-refractivity contribution in [1.82, 2.24) is 10.6 Å². The molecule has 1 heterocycles. The lowest BCUT2D eigenvalue weighted by Crippen LogP contribution is -2.38. The van der Waals surface area contributed by atoms with E-state index in [9.17, 15) is 4.39 Å². The molecule has 1 aliphatic rings. The van der Waals surface area contributed by atoms with Gasteiger partial charge in [0.25, 0.3) is 0 Å². The first kappa shape index (κ1) is 18.2. The maximum Gasteiger partial charge on any atom is 0.191 e. The first-order valence-electron chi connectivity index (χ1n) is 9.22. The van der Waals surface area contributed by atoms with Crippen molar-refractivity contribution in [3.8, 4) is 0 Å². The molecule has 0 aliphatic carbocycles. The second-order valence-corrected chi connectivity index (χ2v) is 6.71. The number of anilines is 1. The SMILES string of the molecule is CN=C(NCc1ccc(F)cc1)NC(C)c1cccc(N2CCCC2)c1. The van der Waals surface area contributed by atoms with Crippen molar-refractivity contribution in [3.05, 3.63) is 65.5 Å². The second kappa shape index (κ2) is 8.70. The molecule has 2 aromatic rings. The summed E-state index contributed by atoms with van der Waals surface area (Å²) >= 11 is 0. The van der Waals surface area contributed by atoms with Gasteiger partial charge in [0, 0.05) is 32.4 Å². The Morgan fingerprint density at radius 2 is 1.88 bits per heavy atom. The highest BCUT2D eigenvalue weighted by Gasteiger charge is 2.14. The molecule has 1 atom stereocenters. The van der Waals surface area contributed by atoms with Gasteiger partial charge in [0.2, 0.25) is 0 Å². The Hall–Kier alpha value is -2.56. The van der Waals surface area contributed by atoms with E-state index in [0.29, 0.717) is 6.54 Å². The molecule has 2 aromatic carbocycles. The number of benzene rings is 2. The maximum absolute atomic E-state index is 13.0. The summed E-state index contributed by atoms with van der Waals surface area (Å²) in [5, 5.41) is 6.71. The molecule has 3 rings (SSSR count). The lowest BCUT2D eigenvalue weighted by molar-refractivity contribution is 0.626. The van der Waals surface area contributed by atoms with Crippen LogP contribution in [0.1, 0.15) is 36.9 Å². The zero-order chi connectivity index (χ0) is 18.4. The van der Waals surface area contributed by atoms with Crippen LogP contribution < -0.4 is 15.5 Å². The van der Waals surface area contributed by atoms with E-state index >= 15 is 0 Å². The van der Waals surface area contributed by atoms with Gasteiger partial charge in [-0.15, -0.1) is 0 Å². The molecular weight excluding hydrogens is 327 g/mol. The predicted molar refractivity (Wildman–Crippen MR) is 106 cm³/mol. The summed E-state index contributed by atoms with van der Waals surface area (Å²) in [6.07, 6.45) is 2.55. The Morgan fingerprint density at radius 3 is 2.58 bits per heavy atom. The fourth-order valence-corrected chi connectivity index (χ4v) is 3.24.